The minimum atomic E-state index is 0.710. The SMILES string of the molecule is Cn1ccnc1SCc1c(N)cccc1Cl. The highest BCUT2D eigenvalue weighted by atomic mass is 35.5. The molecule has 1 aromatic heterocycles. The summed E-state index contributed by atoms with van der Waals surface area (Å²) in [5.41, 5.74) is 7.57. The van der Waals surface area contributed by atoms with Crippen LogP contribution in [0.3, 0.4) is 0 Å². The van der Waals surface area contributed by atoms with E-state index in [1.54, 1.807) is 18.0 Å². The Balaban J connectivity index is 2.14. The Hall–Kier alpha value is -1.13. The molecule has 0 unspecified atom stereocenters. The standard InChI is InChI=1S/C11H12ClN3S/c1-15-6-5-14-11(15)16-7-8-9(12)3-2-4-10(8)13/h2-6H,7,13H2,1H3. The lowest BCUT2D eigenvalue weighted by atomic mass is 10.2. The van der Waals surface area contributed by atoms with Crippen LogP contribution in [-0.2, 0) is 12.8 Å². The van der Waals surface area contributed by atoms with E-state index in [-0.39, 0.29) is 0 Å². The zero-order valence-corrected chi connectivity index (χ0v) is 10.4. The first-order valence-corrected chi connectivity index (χ1v) is 6.18. The van der Waals surface area contributed by atoms with Crippen molar-refractivity contribution >= 4 is 29.1 Å². The van der Waals surface area contributed by atoms with Crippen LogP contribution in [0.25, 0.3) is 0 Å². The molecule has 0 saturated heterocycles. The number of benzene rings is 1. The molecule has 1 heterocycles. The Bertz CT molecular complexity index is 475. The first kappa shape index (κ1) is 11.4. The zero-order chi connectivity index (χ0) is 11.5. The van der Waals surface area contributed by atoms with Gasteiger partial charge in [-0.3, -0.25) is 0 Å². The van der Waals surface area contributed by atoms with Crippen molar-refractivity contribution in [3.8, 4) is 0 Å². The first-order valence-electron chi connectivity index (χ1n) is 4.81. The number of hydrogen-bond acceptors (Lipinski definition) is 3. The van der Waals surface area contributed by atoms with Crippen molar-refractivity contribution in [2.24, 2.45) is 7.05 Å². The van der Waals surface area contributed by atoms with Gasteiger partial charge in [0.15, 0.2) is 5.16 Å². The van der Waals surface area contributed by atoms with E-state index in [2.05, 4.69) is 4.98 Å². The van der Waals surface area contributed by atoms with Crippen LogP contribution in [0.5, 0.6) is 0 Å². The maximum atomic E-state index is 6.09. The summed E-state index contributed by atoms with van der Waals surface area (Å²) in [5, 5.41) is 1.67. The summed E-state index contributed by atoms with van der Waals surface area (Å²) in [6.45, 7) is 0. The van der Waals surface area contributed by atoms with Gasteiger partial charge in [-0.1, -0.05) is 29.4 Å². The largest absolute Gasteiger partial charge is 0.398 e. The van der Waals surface area contributed by atoms with Gasteiger partial charge in [-0.25, -0.2) is 4.98 Å². The Kier molecular flexibility index (Phi) is 3.41. The van der Waals surface area contributed by atoms with Gasteiger partial charge in [-0.2, -0.15) is 0 Å². The van der Waals surface area contributed by atoms with Crippen molar-refractivity contribution in [2.45, 2.75) is 10.9 Å². The molecule has 2 rings (SSSR count). The molecule has 2 N–H and O–H groups in total. The summed E-state index contributed by atoms with van der Waals surface area (Å²) in [5.74, 6) is 0.732. The number of aromatic nitrogens is 2. The Morgan fingerprint density at radius 1 is 1.50 bits per heavy atom. The van der Waals surface area contributed by atoms with Gasteiger partial charge in [-0.05, 0) is 12.1 Å². The molecule has 0 aliphatic rings. The average molecular weight is 254 g/mol. The second kappa shape index (κ2) is 4.80. The van der Waals surface area contributed by atoms with Crippen molar-refractivity contribution in [1.82, 2.24) is 9.55 Å². The van der Waals surface area contributed by atoms with E-state index in [4.69, 9.17) is 17.3 Å². The number of thioether (sulfide) groups is 1. The fourth-order valence-electron chi connectivity index (χ4n) is 1.36. The van der Waals surface area contributed by atoms with E-state index in [9.17, 15) is 0 Å². The molecule has 3 nitrogen and oxygen atoms in total. The number of aryl methyl sites for hydroxylation is 1. The van der Waals surface area contributed by atoms with Crippen LogP contribution in [0, 0.1) is 0 Å². The molecule has 0 fully saturated rings. The summed E-state index contributed by atoms with van der Waals surface area (Å²) in [6, 6.07) is 5.57. The van der Waals surface area contributed by atoms with Gasteiger partial charge in [0.2, 0.25) is 0 Å². The topological polar surface area (TPSA) is 43.8 Å². The second-order valence-electron chi connectivity index (χ2n) is 3.42. The number of nitrogens with zero attached hydrogens (tertiary/aromatic N) is 2. The Morgan fingerprint density at radius 3 is 2.94 bits per heavy atom. The first-order chi connectivity index (χ1) is 7.68. The second-order valence-corrected chi connectivity index (χ2v) is 4.77. The number of imidazole rings is 1. The normalized spacial score (nSPS) is 10.6. The molecule has 0 amide bonds. The molecule has 2 aromatic rings. The highest BCUT2D eigenvalue weighted by molar-refractivity contribution is 7.98. The molecule has 0 bridgehead atoms. The fraction of sp³-hybridized carbons (Fsp3) is 0.182. The van der Waals surface area contributed by atoms with Crippen LogP contribution in [0.15, 0.2) is 35.7 Å². The highest BCUT2D eigenvalue weighted by Gasteiger charge is 2.07. The molecule has 0 aliphatic heterocycles. The van der Waals surface area contributed by atoms with E-state index >= 15 is 0 Å². The van der Waals surface area contributed by atoms with Crippen LogP contribution in [-0.4, -0.2) is 9.55 Å². The smallest absolute Gasteiger partial charge is 0.167 e. The van der Waals surface area contributed by atoms with E-state index in [0.717, 1.165) is 22.2 Å². The van der Waals surface area contributed by atoms with Gasteiger partial charge in [0.1, 0.15) is 0 Å². The van der Waals surface area contributed by atoms with Crippen LogP contribution in [0.4, 0.5) is 5.69 Å². The molecule has 5 heteroatoms. The third-order valence-electron chi connectivity index (χ3n) is 2.28. The Morgan fingerprint density at radius 2 is 2.31 bits per heavy atom. The number of nitrogens with two attached hydrogens (primary N) is 1. The molecule has 16 heavy (non-hydrogen) atoms. The Labute approximate surface area is 104 Å². The van der Waals surface area contributed by atoms with Gasteiger partial charge in [0.05, 0.1) is 0 Å². The van der Waals surface area contributed by atoms with Crippen molar-refractivity contribution in [2.75, 3.05) is 5.73 Å². The zero-order valence-electron chi connectivity index (χ0n) is 8.85. The number of rotatable bonds is 3. The molecule has 0 saturated carbocycles. The lowest BCUT2D eigenvalue weighted by Crippen LogP contribution is -1.95. The molecule has 0 radical (unpaired) electrons. The maximum absolute atomic E-state index is 6.09. The molecular formula is C11H12ClN3S. The average Bonchev–Trinajstić information content (AvgIpc) is 2.64. The molecule has 0 spiro atoms. The predicted octanol–water partition coefficient (Wildman–Crippen LogP) is 2.95. The van der Waals surface area contributed by atoms with Gasteiger partial charge in [0, 0.05) is 41.5 Å². The molecule has 0 aliphatic carbocycles. The molecular weight excluding hydrogens is 242 g/mol. The lowest BCUT2D eigenvalue weighted by molar-refractivity contribution is 0.790. The monoisotopic (exact) mass is 253 g/mol. The van der Waals surface area contributed by atoms with Crippen LogP contribution >= 0.6 is 23.4 Å². The fourth-order valence-corrected chi connectivity index (χ4v) is 2.68. The summed E-state index contributed by atoms with van der Waals surface area (Å²) in [6.07, 6.45) is 3.69. The third kappa shape index (κ3) is 2.33. The van der Waals surface area contributed by atoms with Crippen molar-refractivity contribution < 1.29 is 0 Å². The highest BCUT2D eigenvalue weighted by Crippen LogP contribution is 2.29. The van der Waals surface area contributed by atoms with E-state index in [1.165, 1.54) is 0 Å². The van der Waals surface area contributed by atoms with E-state index in [1.807, 2.05) is 36.0 Å². The minimum absolute atomic E-state index is 0.710. The lowest BCUT2D eigenvalue weighted by Gasteiger charge is -2.07. The van der Waals surface area contributed by atoms with Crippen molar-refractivity contribution in [3.63, 3.8) is 0 Å². The van der Waals surface area contributed by atoms with Crippen LogP contribution < -0.4 is 5.73 Å². The van der Waals surface area contributed by atoms with Crippen LogP contribution in [0.2, 0.25) is 5.02 Å². The molecule has 84 valence electrons. The van der Waals surface area contributed by atoms with Gasteiger partial charge >= 0.3 is 0 Å². The van der Waals surface area contributed by atoms with Crippen molar-refractivity contribution in [3.05, 3.63) is 41.2 Å². The number of hydrogen-bond donors (Lipinski definition) is 1. The predicted molar refractivity (Wildman–Crippen MR) is 68.6 cm³/mol. The molecule has 1 aromatic carbocycles. The third-order valence-corrected chi connectivity index (χ3v) is 3.72. The number of anilines is 1. The van der Waals surface area contributed by atoms with Gasteiger partial charge in [-0.15, -0.1) is 0 Å². The summed E-state index contributed by atoms with van der Waals surface area (Å²) < 4.78 is 1.97. The van der Waals surface area contributed by atoms with Gasteiger partial charge < -0.3 is 10.3 Å². The number of nitrogen functional groups attached to an aromatic ring is 1. The van der Waals surface area contributed by atoms with Crippen molar-refractivity contribution in [1.29, 1.82) is 0 Å². The van der Waals surface area contributed by atoms with Gasteiger partial charge in [0.25, 0.3) is 0 Å². The summed E-state index contributed by atoms with van der Waals surface area (Å²) in [7, 11) is 1.96. The van der Waals surface area contributed by atoms with Crippen LogP contribution in [0.1, 0.15) is 5.56 Å². The van der Waals surface area contributed by atoms with E-state index < -0.39 is 0 Å². The summed E-state index contributed by atoms with van der Waals surface area (Å²) in [4.78, 5) is 4.23. The number of halogens is 1. The minimum Gasteiger partial charge on any atom is -0.398 e. The van der Waals surface area contributed by atoms with E-state index in [0.29, 0.717) is 5.02 Å². The summed E-state index contributed by atoms with van der Waals surface area (Å²) >= 11 is 7.71. The maximum Gasteiger partial charge on any atom is 0.167 e. The molecule has 0 atom stereocenters. The quantitative estimate of drug-likeness (QED) is 0.676.